The first-order chi connectivity index (χ1) is 14.6. The first kappa shape index (κ1) is 22.1. The first-order valence-electron chi connectivity index (χ1n) is 13.0. The molecule has 0 aromatic heterocycles. The fraction of sp³-hybridized carbons (Fsp3) is 0.926. The average Bonchev–Trinajstić information content (AvgIpc) is 3.02. The minimum Gasteiger partial charge on any atom is -0.393 e. The monoisotopic (exact) mass is 430 g/mol. The van der Waals surface area contributed by atoms with Crippen LogP contribution in [-0.2, 0) is 14.3 Å². The van der Waals surface area contributed by atoms with Gasteiger partial charge < -0.3 is 9.84 Å². The Labute approximate surface area is 187 Å². The molecular weight excluding hydrogens is 388 g/mol. The van der Waals surface area contributed by atoms with Crippen LogP contribution in [-0.4, -0.2) is 35.0 Å². The number of rotatable bonds is 2. The Balaban J connectivity index is 1.43. The zero-order valence-corrected chi connectivity index (χ0v) is 20.1. The Kier molecular flexibility index (Phi) is 5.26. The number of fused-ring (bicyclic) bond motifs is 7. The van der Waals surface area contributed by atoms with Crippen molar-refractivity contribution >= 4 is 11.6 Å². The van der Waals surface area contributed by atoms with Crippen LogP contribution in [0, 0.1) is 52.3 Å². The van der Waals surface area contributed by atoms with E-state index >= 15 is 0 Å². The maximum absolute atomic E-state index is 13.3. The fourth-order valence-corrected chi connectivity index (χ4v) is 9.51. The summed E-state index contributed by atoms with van der Waals surface area (Å²) in [5, 5.41) is 10.2. The Morgan fingerprint density at radius 1 is 1.06 bits per heavy atom. The van der Waals surface area contributed by atoms with Gasteiger partial charge >= 0.3 is 0 Å². The first-order valence-corrected chi connectivity index (χ1v) is 13.0. The van der Waals surface area contributed by atoms with E-state index in [0.717, 1.165) is 25.7 Å². The number of ether oxygens (including phenoxy) is 1. The predicted molar refractivity (Wildman–Crippen MR) is 119 cm³/mol. The van der Waals surface area contributed by atoms with Gasteiger partial charge in [0.15, 0.2) is 5.78 Å². The van der Waals surface area contributed by atoms with Gasteiger partial charge in [0.2, 0.25) is 0 Å². The van der Waals surface area contributed by atoms with Gasteiger partial charge in [-0.25, -0.2) is 0 Å². The van der Waals surface area contributed by atoms with Crippen LogP contribution in [0.15, 0.2) is 0 Å². The molecule has 0 bridgehead atoms. The molecule has 0 amide bonds. The SMILES string of the molecule is CC(C)C(=O)[C@H]1C[C@@H](C)[C@H]2[C@H](C[C@@H]3[C@@H]4CC(=O)[C@H]5C[C@@H](O)CC[C@]5(C)[C@@H]4CC[C@]23C)O1. The molecule has 11 atom stereocenters. The van der Waals surface area contributed by atoms with Crippen LogP contribution in [0.4, 0.5) is 0 Å². The number of Topliss-reactive ketones (excluding diaryl/α,β-unsaturated/α-hetero) is 2. The molecule has 4 saturated carbocycles. The number of carbonyl (C=O) groups excluding carboxylic acids is 2. The van der Waals surface area contributed by atoms with Crippen molar-refractivity contribution in [1.29, 1.82) is 0 Å². The number of carbonyl (C=O) groups is 2. The third-order valence-corrected chi connectivity index (χ3v) is 10.9. The van der Waals surface area contributed by atoms with Crippen molar-refractivity contribution in [2.45, 2.75) is 104 Å². The van der Waals surface area contributed by atoms with E-state index in [4.69, 9.17) is 4.74 Å². The van der Waals surface area contributed by atoms with E-state index in [9.17, 15) is 14.7 Å². The Bertz CT molecular complexity index is 760. The highest BCUT2D eigenvalue weighted by molar-refractivity contribution is 5.85. The quantitative estimate of drug-likeness (QED) is 0.683. The summed E-state index contributed by atoms with van der Waals surface area (Å²) < 4.78 is 6.55. The second-order valence-electron chi connectivity index (χ2n) is 12.8. The molecule has 1 saturated heterocycles. The third kappa shape index (κ3) is 3.14. The van der Waals surface area contributed by atoms with E-state index in [1.165, 1.54) is 12.8 Å². The summed E-state index contributed by atoms with van der Waals surface area (Å²) in [4.78, 5) is 26.1. The van der Waals surface area contributed by atoms with Crippen LogP contribution in [0.3, 0.4) is 0 Å². The van der Waals surface area contributed by atoms with E-state index in [1.807, 2.05) is 13.8 Å². The number of ketones is 2. The molecule has 4 heteroatoms. The van der Waals surface area contributed by atoms with Gasteiger partial charge in [-0.15, -0.1) is 0 Å². The third-order valence-electron chi connectivity index (χ3n) is 10.9. The maximum atomic E-state index is 13.3. The summed E-state index contributed by atoms with van der Waals surface area (Å²) in [6.07, 6.45) is 7.11. The van der Waals surface area contributed by atoms with E-state index in [2.05, 4.69) is 20.8 Å². The van der Waals surface area contributed by atoms with Gasteiger partial charge in [-0.1, -0.05) is 34.6 Å². The van der Waals surface area contributed by atoms with Crippen molar-refractivity contribution in [2.24, 2.45) is 52.3 Å². The lowest BCUT2D eigenvalue weighted by Gasteiger charge is -2.60. The molecule has 4 nitrogen and oxygen atoms in total. The van der Waals surface area contributed by atoms with E-state index in [1.54, 1.807) is 0 Å². The highest BCUT2D eigenvalue weighted by Crippen LogP contribution is 2.68. The zero-order chi connectivity index (χ0) is 22.3. The van der Waals surface area contributed by atoms with Gasteiger partial charge in [0.05, 0.1) is 12.2 Å². The zero-order valence-electron chi connectivity index (χ0n) is 20.1. The molecule has 5 fully saturated rings. The second-order valence-corrected chi connectivity index (χ2v) is 12.8. The summed E-state index contributed by atoms with van der Waals surface area (Å²) in [5.74, 6) is 3.28. The van der Waals surface area contributed by atoms with Gasteiger partial charge in [0.1, 0.15) is 11.9 Å². The topological polar surface area (TPSA) is 63.6 Å². The van der Waals surface area contributed by atoms with Crippen molar-refractivity contribution in [3.63, 3.8) is 0 Å². The summed E-state index contributed by atoms with van der Waals surface area (Å²) in [7, 11) is 0. The lowest BCUT2D eigenvalue weighted by molar-refractivity contribution is -0.165. The lowest BCUT2D eigenvalue weighted by Crippen LogP contribution is -2.57. The van der Waals surface area contributed by atoms with E-state index in [-0.39, 0.29) is 46.8 Å². The standard InChI is InChI=1S/C27H42O4/c1-14(2)25(30)23-10-15(3)24-22(31-23)13-19-17-12-21(29)20-11-16(28)6-8-26(20,4)18(17)7-9-27(19,24)5/h14-20,22-24,28H,6-13H2,1-5H3/t15-,16+,17-,18-,19-,20-,22+,23-,24+,26-,27+/m1/s1. The van der Waals surface area contributed by atoms with E-state index in [0.29, 0.717) is 48.2 Å². The van der Waals surface area contributed by atoms with Gasteiger partial charge in [0, 0.05) is 18.3 Å². The summed E-state index contributed by atoms with van der Waals surface area (Å²) in [6, 6.07) is 0. The fourth-order valence-electron chi connectivity index (χ4n) is 9.51. The Hall–Kier alpha value is -0.740. The molecule has 0 spiro atoms. The van der Waals surface area contributed by atoms with Crippen molar-refractivity contribution in [3.05, 3.63) is 0 Å². The largest absolute Gasteiger partial charge is 0.393 e. The molecule has 1 heterocycles. The smallest absolute Gasteiger partial charge is 0.164 e. The summed E-state index contributed by atoms with van der Waals surface area (Å²) in [5.41, 5.74) is 0.270. The molecule has 0 unspecified atom stereocenters. The lowest BCUT2D eigenvalue weighted by atomic mass is 9.44. The van der Waals surface area contributed by atoms with Gasteiger partial charge in [-0.05, 0) is 85.4 Å². The number of aliphatic hydroxyl groups excluding tert-OH is 1. The van der Waals surface area contributed by atoms with Crippen LogP contribution < -0.4 is 0 Å². The van der Waals surface area contributed by atoms with E-state index < -0.39 is 0 Å². The molecule has 1 aliphatic heterocycles. The molecule has 5 aliphatic rings. The molecule has 0 aromatic carbocycles. The average molecular weight is 431 g/mol. The maximum Gasteiger partial charge on any atom is 0.164 e. The number of aliphatic hydroxyl groups is 1. The minimum absolute atomic E-state index is 0.0203. The number of hydrogen-bond acceptors (Lipinski definition) is 4. The molecular formula is C27H42O4. The summed E-state index contributed by atoms with van der Waals surface area (Å²) >= 11 is 0. The van der Waals surface area contributed by atoms with Crippen LogP contribution in [0.25, 0.3) is 0 Å². The molecule has 174 valence electrons. The summed E-state index contributed by atoms with van der Waals surface area (Å²) in [6.45, 7) is 11.1. The van der Waals surface area contributed by atoms with Crippen LogP contribution in [0.2, 0.25) is 0 Å². The van der Waals surface area contributed by atoms with Crippen molar-refractivity contribution in [2.75, 3.05) is 0 Å². The normalized spacial score (nSPS) is 54.0. The van der Waals surface area contributed by atoms with Crippen LogP contribution in [0.1, 0.15) is 86.0 Å². The van der Waals surface area contributed by atoms with Crippen LogP contribution in [0.5, 0.6) is 0 Å². The Morgan fingerprint density at radius 2 is 1.77 bits per heavy atom. The Morgan fingerprint density at radius 3 is 2.48 bits per heavy atom. The number of hydrogen-bond donors (Lipinski definition) is 1. The van der Waals surface area contributed by atoms with Crippen LogP contribution >= 0.6 is 0 Å². The van der Waals surface area contributed by atoms with Gasteiger partial charge in [0.25, 0.3) is 0 Å². The molecule has 4 aliphatic carbocycles. The minimum atomic E-state index is -0.300. The van der Waals surface area contributed by atoms with Gasteiger partial charge in [-0.3, -0.25) is 9.59 Å². The highest BCUT2D eigenvalue weighted by atomic mass is 16.5. The molecule has 5 rings (SSSR count). The van der Waals surface area contributed by atoms with Gasteiger partial charge in [-0.2, -0.15) is 0 Å². The molecule has 0 radical (unpaired) electrons. The van der Waals surface area contributed by atoms with Crippen molar-refractivity contribution in [1.82, 2.24) is 0 Å². The van der Waals surface area contributed by atoms with Crippen molar-refractivity contribution in [3.8, 4) is 0 Å². The molecule has 0 aromatic rings. The highest BCUT2D eigenvalue weighted by Gasteiger charge is 2.65. The second kappa shape index (κ2) is 7.38. The molecule has 1 N–H and O–H groups in total. The predicted octanol–water partition coefficient (Wildman–Crippen LogP) is 4.81. The molecule has 31 heavy (non-hydrogen) atoms. The van der Waals surface area contributed by atoms with Crippen molar-refractivity contribution < 1.29 is 19.4 Å².